The molecule has 0 saturated heterocycles. The van der Waals surface area contributed by atoms with Gasteiger partial charge in [-0.25, -0.2) is 0 Å². The van der Waals surface area contributed by atoms with E-state index in [0.29, 0.717) is 13.0 Å². The molecule has 0 heterocycles. The molecule has 132 valence electrons. The lowest BCUT2D eigenvalue weighted by molar-refractivity contribution is -0.145. The molecular formula is C18H37NO2S. The summed E-state index contributed by atoms with van der Waals surface area (Å²) < 4.78 is 5.21. The van der Waals surface area contributed by atoms with E-state index in [-0.39, 0.29) is 5.97 Å². The number of carbonyl (C=O) groups is 1. The van der Waals surface area contributed by atoms with Crippen LogP contribution in [0.1, 0.15) is 84.0 Å². The highest BCUT2D eigenvalue weighted by atomic mass is 32.2. The zero-order chi connectivity index (χ0) is 16.5. The predicted molar refractivity (Wildman–Crippen MR) is 98.4 cm³/mol. The van der Waals surface area contributed by atoms with Gasteiger partial charge in [0.1, 0.15) is 6.04 Å². The summed E-state index contributed by atoms with van der Waals surface area (Å²) in [5.41, 5.74) is 5.75. The predicted octanol–water partition coefficient (Wildman–Crippen LogP) is 4.92. The Hall–Kier alpha value is -0.220. The molecule has 0 aliphatic rings. The minimum absolute atomic E-state index is 0.235. The first-order valence-electron chi connectivity index (χ1n) is 9.13. The van der Waals surface area contributed by atoms with Crippen molar-refractivity contribution >= 4 is 17.7 Å². The molecule has 0 spiro atoms. The Morgan fingerprint density at radius 1 is 0.955 bits per heavy atom. The number of esters is 1. The molecule has 0 aromatic rings. The van der Waals surface area contributed by atoms with E-state index in [9.17, 15) is 4.79 Å². The number of unbranched alkanes of at least 4 members (excludes halogenated alkanes) is 10. The lowest BCUT2D eigenvalue weighted by Crippen LogP contribution is -2.33. The Kier molecular flexibility index (Phi) is 17.0. The SMILES string of the molecule is CCCCCCCCCCCCCOC(=O)[C@@H](N)CCSC. The van der Waals surface area contributed by atoms with Gasteiger partial charge in [0, 0.05) is 0 Å². The van der Waals surface area contributed by atoms with E-state index in [1.165, 1.54) is 57.8 Å². The number of hydrogen-bond donors (Lipinski definition) is 1. The van der Waals surface area contributed by atoms with E-state index in [0.717, 1.165) is 18.6 Å². The van der Waals surface area contributed by atoms with Gasteiger partial charge in [-0.15, -0.1) is 0 Å². The second kappa shape index (κ2) is 17.1. The van der Waals surface area contributed by atoms with Gasteiger partial charge in [-0.2, -0.15) is 11.8 Å². The molecular weight excluding hydrogens is 294 g/mol. The van der Waals surface area contributed by atoms with Gasteiger partial charge in [0.05, 0.1) is 6.61 Å². The monoisotopic (exact) mass is 331 g/mol. The fourth-order valence-corrected chi connectivity index (χ4v) is 2.90. The first-order chi connectivity index (χ1) is 10.7. The van der Waals surface area contributed by atoms with E-state index < -0.39 is 6.04 Å². The second-order valence-electron chi connectivity index (χ2n) is 6.09. The number of nitrogens with two attached hydrogens (primary N) is 1. The average molecular weight is 332 g/mol. The molecule has 0 unspecified atom stereocenters. The molecule has 0 fully saturated rings. The fourth-order valence-electron chi connectivity index (χ4n) is 2.41. The quantitative estimate of drug-likeness (QED) is 0.322. The summed E-state index contributed by atoms with van der Waals surface area (Å²) in [5.74, 6) is 0.676. The first kappa shape index (κ1) is 21.8. The second-order valence-corrected chi connectivity index (χ2v) is 7.08. The van der Waals surface area contributed by atoms with Gasteiger partial charge in [-0.1, -0.05) is 71.1 Å². The lowest BCUT2D eigenvalue weighted by Gasteiger charge is -2.10. The molecule has 0 saturated carbocycles. The Bertz CT molecular complexity index is 249. The number of rotatable bonds is 16. The maximum absolute atomic E-state index is 11.6. The molecule has 0 radical (unpaired) electrons. The van der Waals surface area contributed by atoms with Crippen LogP contribution in [0.2, 0.25) is 0 Å². The standard InChI is InChI=1S/C18H37NO2S/c1-3-4-5-6-7-8-9-10-11-12-13-15-21-18(20)17(19)14-16-22-2/h17H,3-16,19H2,1-2H3/t17-/m0/s1. The third-order valence-corrected chi connectivity index (χ3v) is 4.57. The summed E-state index contributed by atoms with van der Waals surface area (Å²) in [7, 11) is 0. The summed E-state index contributed by atoms with van der Waals surface area (Å²) in [6, 6.07) is -0.444. The smallest absolute Gasteiger partial charge is 0.322 e. The Labute approximate surface area is 142 Å². The molecule has 22 heavy (non-hydrogen) atoms. The third-order valence-electron chi connectivity index (χ3n) is 3.93. The highest BCUT2D eigenvalue weighted by Crippen LogP contribution is 2.11. The zero-order valence-electron chi connectivity index (χ0n) is 14.8. The Balaban J connectivity index is 3.21. The number of carbonyl (C=O) groups excluding carboxylic acids is 1. The fraction of sp³-hybridized carbons (Fsp3) is 0.944. The van der Waals surface area contributed by atoms with Crippen LogP contribution in [0.4, 0.5) is 0 Å². The van der Waals surface area contributed by atoms with Crippen LogP contribution in [0.15, 0.2) is 0 Å². The maximum atomic E-state index is 11.6. The van der Waals surface area contributed by atoms with Crippen LogP contribution < -0.4 is 5.73 Å². The molecule has 1 atom stereocenters. The van der Waals surface area contributed by atoms with Crippen LogP contribution in [0.25, 0.3) is 0 Å². The van der Waals surface area contributed by atoms with Gasteiger partial charge >= 0.3 is 5.97 Å². The van der Waals surface area contributed by atoms with Crippen molar-refractivity contribution < 1.29 is 9.53 Å². The highest BCUT2D eigenvalue weighted by molar-refractivity contribution is 7.98. The Morgan fingerprint density at radius 3 is 1.95 bits per heavy atom. The molecule has 0 aliphatic carbocycles. The van der Waals surface area contributed by atoms with Gasteiger partial charge < -0.3 is 10.5 Å². The van der Waals surface area contributed by atoms with Crippen molar-refractivity contribution in [2.45, 2.75) is 90.0 Å². The van der Waals surface area contributed by atoms with Gasteiger partial charge in [0.15, 0.2) is 0 Å². The molecule has 2 N–H and O–H groups in total. The molecule has 3 nitrogen and oxygen atoms in total. The van der Waals surface area contributed by atoms with E-state index in [2.05, 4.69) is 6.92 Å². The van der Waals surface area contributed by atoms with Crippen LogP contribution >= 0.6 is 11.8 Å². The Morgan fingerprint density at radius 2 is 1.45 bits per heavy atom. The molecule has 0 rings (SSSR count). The molecule has 0 bridgehead atoms. The van der Waals surface area contributed by atoms with Crippen molar-refractivity contribution in [3.05, 3.63) is 0 Å². The number of thioether (sulfide) groups is 1. The molecule has 0 amide bonds. The summed E-state index contributed by atoms with van der Waals surface area (Å²) in [6.07, 6.45) is 17.1. The molecule has 0 aromatic carbocycles. The minimum atomic E-state index is -0.444. The largest absolute Gasteiger partial charge is 0.465 e. The van der Waals surface area contributed by atoms with Crippen LogP contribution in [0.5, 0.6) is 0 Å². The zero-order valence-corrected chi connectivity index (χ0v) is 15.6. The summed E-state index contributed by atoms with van der Waals surface area (Å²) in [5, 5.41) is 0. The molecule has 4 heteroatoms. The molecule has 0 aliphatic heterocycles. The summed E-state index contributed by atoms with van der Waals surface area (Å²) in [6.45, 7) is 2.79. The lowest BCUT2D eigenvalue weighted by atomic mass is 10.1. The molecule has 0 aromatic heterocycles. The average Bonchev–Trinajstić information content (AvgIpc) is 2.53. The maximum Gasteiger partial charge on any atom is 0.322 e. The van der Waals surface area contributed by atoms with Crippen LogP contribution in [-0.4, -0.2) is 30.6 Å². The van der Waals surface area contributed by atoms with E-state index >= 15 is 0 Å². The normalized spacial score (nSPS) is 12.3. The van der Waals surface area contributed by atoms with Gasteiger partial charge in [-0.3, -0.25) is 4.79 Å². The first-order valence-corrected chi connectivity index (χ1v) is 10.5. The van der Waals surface area contributed by atoms with Crippen molar-refractivity contribution in [3.63, 3.8) is 0 Å². The van der Waals surface area contributed by atoms with Crippen LogP contribution in [0.3, 0.4) is 0 Å². The van der Waals surface area contributed by atoms with Crippen molar-refractivity contribution in [1.82, 2.24) is 0 Å². The van der Waals surface area contributed by atoms with Crippen molar-refractivity contribution in [1.29, 1.82) is 0 Å². The van der Waals surface area contributed by atoms with Crippen molar-refractivity contribution in [2.75, 3.05) is 18.6 Å². The van der Waals surface area contributed by atoms with Gasteiger partial charge in [0.25, 0.3) is 0 Å². The number of ether oxygens (including phenoxy) is 1. The topological polar surface area (TPSA) is 52.3 Å². The van der Waals surface area contributed by atoms with Crippen molar-refractivity contribution in [2.24, 2.45) is 5.73 Å². The van der Waals surface area contributed by atoms with Crippen LogP contribution in [0, 0.1) is 0 Å². The number of hydrogen-bond acceptors (Lipinski definition) is 4. The van der Waals surface area contributed by atoms with Crippen molar-refractivity contribution in [3.8, 4) is 0 Å². The summed E-state index contributed by atoms with van der Waals surface area (Å²) >= 11 is 1.71. The summed E-state index contributed by atoms with van der Waals surface area (Å²) in [4.78, 5) is 11.6. The van der Waals surface area contributed by atoms with E-state index in [1.54, 1.807) is 11.8 Å². The third kappa shape index (κ3) is 14.7. The van der Waals surface area contributed by atoms with E-state index in [1.807, 2.05) is 6.26 Å². The van der Waals surface area contributed by atoms with Crippen LogP contribution in [-0.2, 0) is 9.53 Å². The van der Waals surface area contributed by atoms with Gasteiger partial charge in [-0.05, 0) is 24.9 Å². The van der Waals surface area contributed by atoms with Gasteiger partial charge in [0.2, 0.25) is 0 Å². The van der Waals surface area contributed by atoms with E-state index in [4.69, 9.17) is 10.5 Å². The minimum Gasteiger partial charge on any atom is -0.465 e. The highest BCUT2D eigenvalue weighted by Gasteiger charge is 2.13.